The van der Waals surface area contributed by atoms with Crippen molar-refractivity contribution in [1.82, 2.24) is 0 Å². The number of hydrogen-bond donors (Lipinski definition) is 2. The number of hydrogen-bond acceptors (Lipinski definition) is 2. The summed E-state index contributed by atoms with van der Waals surface area (Å²) in [5, 5.41) is 8.21. The Hall–Kier alpha value is -2.29. The zero-order valence-corrected chi connectivity index (χ0v) is 14.6. The minimum absolute atomic E-state index is 0.333. The fourth-order valence-electron chi connectivity index (χ4n) is 3.06. The molecule has 0 fully saturated rings. The van der Waals surface area contributed by atoms with Crippen molar-refractivity contribution in [3.05, 3.63) is 53.1 Å². The van der Waals surface area contributed by atoms with Gasteiger partial charge in [0.15, 0.2) is 0 Å². The molecule has 0 unspecified atom stereocenters. The summed E-state index contributed by atoms with van der Waals surface area (Å²) in [5.41, 5.74) is 13.6. The first-order chi connectivity index (χ1) is 11.5. The third kappa shape index (κ3) is 4.38. The van der Waals surface area contributed by atoms with Gasteiger partial charge in [-0.25, -0.2) is 0 Å². The molecule has 2 aromatic carbocycles. The van der Waals surface area contributed by atoms with Gasteiger partial charge >= 0.3 is 5.97 Å². The van der Waals surface area contributed by atoms with E-state index in [9.17, 15) is 4.79 Å². The van der Waals surface area contributed by atoms with E-state index in [0.29, 0.717) is 6.42 Å². The van der Waals surface area contributed by atoms with Crippen LogP contribution in [-0.2, 0) is 11.2 Å². The molecular weight excluding hydrogens is 298 g/mol. The molecule has 0 aromatic heterocycles. The number of fused-ring (bicyclic) bond motifs is 3. The van der Waals surface area contributed by atoms with E-state index in [1.165, 1.54) is 34.2 Å². The van der Waals surface area contributed by atoms with Crippen LogP contribution in [0.25, 0.3) is 11.1 Å². The summed E-state index contributed by atoms with van der Waals surface area (Å²) in [6.07, 6.45) is 5.54. The summed E-state index contributed by atoms with van der Waals surface area (Å²) in [4.78, 5) is 9.96. The van der Waals surface area contributed by atoms with E-state index in [2.05, 4.69) is 50.2 Å². The Morgan fingerprint density at radius 2 is 1.83 bits per heavy atom. The Balaban J connectivity index is 0.000000202. The largest absolute Gasteiger partial charge is 0.481 e. The molecule has 3 nitrogen and oxygen atoms in total. The SMILES string of the molecule is CCCCCCC(=O)O.Cc1ccc2c(c1N)Cc1ccccc1-2. The van der Waals surface area contributed by atoms with E-state index in [1.54, 1.807) is 0 Å². The van der Waals surface area contributed by atoms with Crippen LogP contribution in [0.1, 0.15) is 55.7 Å². The lowest BCUT2D eigenvalue weighted by atomic mass is 10.0. The maximum Gasteiger partial charge on any atom is 0.303 e. The summed E-state index contributed by atoms with van der Waals surface area (Å²) in [6, 6.07) is 12.8. The topological polar surface area (TPSA) is 63.3 Å². The second kappa shape index (κ2) is 8.53. The number of aliphatic carboxylic acids is 1. The lowest BCUT2D eigenvalue weighted by Gasteiger charge is -2.06. The average Bonchev–Trinajstić information content (AvgIpc) is 2.95. The third-order valence-corrected chi connectivity index (χ3v) is 4.49. The molecular formula is C21H27NO2. The van der Waals surface area contributed by atoms with Crippen molar-refractivity contribution in [1.29, 1.82) is 0 Å². The molecule has 0 heterocycles. The molecule has 2 aromatic rings. The molecule has 0 aliphatic heterocycles. The Kier molecular flexibility index (Phi) is 6.42. The molecule has 3 heteroatoms. The smallest absolute Gasteiger partial charge is 0.303 e. The molecule has 24 heavy (non-hydrogen) atoms. The first kappa shape index (κ1) is 18.1. The van der Waals surface area contributed by atoms with Gasteiger partial charge in [-0.3, -0.25) is 4.79 Å². The van der Waals surface area contributed by atoms with Crippen molar-refractivity contribution in [2.24, 2.45) is 0 Å². The maximum absolute atomic E-state index is 9.96. The van der Waals surface area contributed by atoms with Gasteiger partial charge < -0.3 is 10.8 Å². The minimum atomic E-state index is -0.675. The lowest BCUT2D eigenvalue weighted by molar-refractivity contribution is -0.137. The monoisotopic (exact) mass is 325 g/mol. The van der Waals surface area contributed by atoms with Crippen LogP contribution >= 0.6 is 0 Å². The van der Waals surface area contributed by atoms with E-state index in [-0.39, 0.29) is 0 Å². The average molecular weight is 325 g/mol. The van der Waals surface area contributed by atoms with Crippen LogP contribution in [0, 0.1) is 6.92 Å². The number of benzene rings is 2. The van der Waals surface area contributed by atoms with Crippen LogP contribution in [-0.4, -0.2) is 11.1 Å². The third-order valence-electron chi connectivity index (χ3n) is 4.49. The van der Waals surface area contributed by atoms with Crippen molar-refractivity contribution in [2.75, 3.05) is 5.73 Å². The van der Waals surface area contributed by atoms with Gasteiger partial charge in [0, 0.05) is 18.5 Å². The lowest BCUT2D eigenvalue weighted by Crippen LogP contribution is -1.95. The summed E-state index contributed by atoms with van der Waals surface area (Å²) in [6.45, 7) is 4.18. The number of carbonyl (C=O) groups is 1. The number of nitrogen functional groups attached to an aromatic ring is 1. The fourth-order valence-corrected chi connectivity index (χ4v) is 3.06. The summed E-state index contributed by atoms with van der Waals surface area (Å²) >= 11 is 0. The first-order valence-corrected chi connectivity index (χ1v) is 8.72. The van der Waals surface area contributed by atoms with E-state index in [0.717, 1.165) is 31.4 Å². The maximum atomic E-state index is 9.96. The zero-order chi connectivity index (χ0) is 17.5. The number of carboxylic acid groups (broad SMARTS) is 1. The standard InChI is InChI=1S/C14H13N.C7H14O2/c1-9-6-7-12-11-5-3-2-4-10(11)8-13(12)14(9)15;1-2-3-4-5-6-7(8)9/h2-7H,8,15H2,1H3;2-6H2,1H3,(H,8,9). The van der Waals surface area contributed by atoms with Crippen LogP contribution in [0.2, 0.25) is 0 Å². The second-order valence-corrected chi connectivity index (χ2v) is 6.36. The molecule has 0 saturated heterocycles. The Labute approximate surface area is 144 Å². The van der Waals surface area contributed by atoms with E-state index >= 15 is 0 Å². The van der Waals surface area contributed by atoms with E-state index in [4.69, 9.17) is 10.8 Å². The predicted molar refractivity (Wildman–Crippen MR) is 100 cm³/mol. The van der Waals surface area contributed by atoms with Crippen LogP contribution in [0.3, 0.4) is 0 Å². The van der Waals surface area contributed by atoms with Crippen molar-refractivity contribution >= 4 is 11.7 Å². The Bertz CT molecular complexity index is 707. The molecule has 3 rings (SSSR count). The van der Waals surface area contributed by atoms with Crippen LogP contribution in [0.5, 0.6) is 0 Å². The molecule has 0 bridgehead atoms. The van der Waals surface area contributed by atoms with Gasteiger partial charge in [0.25, 0.3) is 0 Å². The highest BCUT2D eigenvalue weighted by atomic mass is 16.4. The van der Waals surface area contributed by atoms with E-state index in [1.807, 2.05) is 0 Å². The van der Waals surface area contributed by atoms with Crippen molar-refractivity contribution < 1.29 is 9.90 Å². The minimum Gasteiger partial charge on any atom is -0.481 e. The first-order valence-electron chi connectivity index (χ1n) is 8.72. The van der Waals surface area contributed by atoms with Crippen LogP contribution in [0.4, 0.5) is 5.69 Å². The quantitative estimate of drug-likeness (QED) is 0.501. The molecule has 0 spiro atoms. The number of anilines is 1. The van der Waals surface area contributed by atoms with Gasteiger partial charge in [0.05, 0.1) is 0 Å². The Morgan fingerprint density at radius 1 is 1.08 bits per heavy atom. The van der Waals surface area contributed by atoms with Gasteiger partial charge in [-0.05, 0) is 41.2 Å². The van der Waals surface area contributed by atoms with Crippen molar-refractivity contribution in [3.8, 4) is 11.1 Å². The second-order valence-electron chi connectivity index (χ2n) is 6.36. The van der Waals surface area contributed by atoms with Crippen molar-refractivity contribution in [2.45, 2.75) is 52.4 Å². The highest BCUT2D eigenvalue weighted by Gasteiger charge is 2.20. The highest BCUT2D eigenvalue weighted by Crippen LogP contribution is 2.40. The Morgan fingerprint density at radius 3 is 2.54 bits per heavy atom. The number of unbranched alkanes of at least 4 members (excludes halogenated alkanes) is 3. The number of rotatable bonds is 5. The number of nitrogens with two attached hydrogens (primary N) is 1. The van der Waals surface area contributed by atoms with Gasteiger partial charge in [-0.1, -0.05) is 62.6 Å². The van der Waals surface area contributed by atoms with E-state index < -0.39 is 5.97 Å². The molecule has 128 valence electrons. The highest BCUT2D eigenvalue weighted by molar-refractivity contribution is 5.82. The molecule has 0 saturated carbocycles. The van der Waals surface area contributed by atoms with Gasteiger partial charge in [0.1, 0.15) is 0 Å². The molecule has 1 aliphatic carbocycles. The number of aryl methyl sites for hydroxylation is 1. The molecule has 0 atom stereocenters. The molecule has 0 amide bonds. The summed E-state index contributed by atoms with van der Waals surface area (Å²) in [5.74, 6) is -0.675. The normalized spacial score (nSPS) is 11.2. The molecule has 0 radical (unpaired) electrons. The van der Waals surface area contributed by atoms with Crippen LogP contribution in [0.15, 0.2) is 36.4 Å². The van der Waals surface area contributed by atoms with Gasteiger partial charge in [-0.2, -0.15) is 0 Å². The summed E-state index contributed by atoms with van der Waals surface area (Å²) < 4.78 is 0. The zero-order valence-electron chi connectivity index (χ0n) is 14.6. The predicted octanol–water partition coefficient (Wildman–Crippen LogP) is 5.19. The van der Waals surface area contributed by atoms with Crippen molar-refractivity contribution in [3.63, 3.8) is 0 Å². The van der Waals surface area contributed by atoms with Gasteiger partial charge in [0.2, 0.25) is 0 Å². The fraction of sp³-hybridized carbons (Fsp3) is 0.381. The molecule has 3 N–H and O–H groups in total. The molecule has 1 aliphatic rings. The number of carboxylic acids is 1. The van der Waals surface area contributed by atoms with Gasteiger partial charge in [-0.15, -0.1) is 0 Å². The summed E-state index contributed by atoms with van der Waals surface area (Å²) in [7, 11) is 0. The van der Waals surface area contributed by atoms with Crippen LogP contribution < -0.4 is 5.73 Å².